The van der Waals surface area contributed by atoms with Gasteiger partial charge in [0.25, 0.3) is 0 Å². The van der Waals surface area contributed by atoms with Crippen LogP contribution in [0.25, 0.3) is 77.0 Å². The number of ether oxygens (including phenoxy) is 2. The minimum atomic E-state index is 0.0371. The molecule has 0 N–H and O–H groups in total. The predicted molar refractivity (Wildman–Crippen MR) is 461 cm³/mol. The Morgan fingerprint density at radius 1 is 0.313 bits per heavy atom. The van der Waals surface area contributed by atoms with Crippen molar-refractivity contribution in [2.45, 2.75) is 128 Å². The fourth-order valence-corrected chi connectivity index (χ4v) is 15.9. The number of carbonyl (C=O) groups is 4. The Morgan fingerprint density at radius 2 is 0.670 bits per heavy atom. The van der Waals surface area contributed by atoms with Crippen LogP contribution in [0.5, 0.6) is 11.5 Å². The molecular weight excluding hydrogens is 1470 g/mol. The summed E-state index contributed by atoms with van der Waals surface area (Å²) in [4.78, 5) is 73.7. The Morgan fingerprint density at radius 3 is 1.03 bits per heavy atom. The number of ketones is 4. The molecule has 0 saturated carbocycles. The summed E-state index contributed by atoms with van der Waals surface area (Å²) < 4.78 is 19.9. The molecule has 115 heavy (non-hydrogen) atoms. The SMILES string of the molecule is Cc1cc(C)n(-c2ccc3cccc(CC(=O)c4cc5ccccc5s4)c3n2)n1.Cc1cc(C)n(-c2ccc3cccc(CC(=O)c4ccc(C)s4)c3n2)n1.Cc1cc(C)n(-c2ccc3cccc(CC(=O)c4ccc(OC(C)C)cc4)c3n2)n1.Cc1cc(C)n(-c2ccc3cccc(CC(=O)c4cccc(OC(C)C)c4)c3n2)n1. The summed E-state index contributed by atoms with van der Waals surface area (Å²) in [6.07, 6.45) is 1.41. The van der Waals surface area contributed by atoms with Crippen LogP contribution in [0.4, 0.5) is 0 Å². The van der Waals surface area contributed by atoms with Crippen LogP contribution < -0.4 is 9.47 Å². The van der Waals surface area contributed by atoms with Gasteiger partial charge in [-0.05, 0) is 251 Å². The summed E-state index contributed by atoms with van der Waals surface area (Å²) in [6, 6.07) is 76.6. The number of rotatable bonds is 20. The Labute approximate surface area is 675 Å². The molecule has 0 radical (unpaired) electrons. The van der Waals surface area contributed by atoms with E-state index in [0.29, 0.717) is 29.7 Å². The van der Waals surface area contributed by atoms with Crippen LogP contribution in [-0.2, 0) is 25.7 Å². The molecule has 0 aliphatic rings. The number of hydrogen-bond acceptors (Lipinski definition) is 16. The van der Waals surface area contributed by atoms with Crippen molar-refractivity contribution in [1.29, 1.82) is 0 Å². The molecule has 0 fully saturated rings. The third-order valence-corrected chi connectivity index (χ3v) is 21.5. The smallest absolute Gasteiger partial charge is 0.177 e. The summed E-state index contributed by atoms with van der Waals surface area (Å²) >= 11 is 3.09. The van der Waals surface area contributed by atoms with Gasteiger partial charge in [-0.3, -0.25) is 19.2 Å². The normalized spacial score (nSPS) is 11.3. The van der Waals surface area contributed by atoms with Crippen molar-refractivity contribution < 1.29 is 28.7 Å². The van der Waals surface area contributed by atoms with Gasteiger partial charge in [0.05, 0.1) is 66.8 Å². The quantitative estimate of drug-likeness (QED) is 0.0650. The van der Waals surface area contributed by atoms with Crippen LogP contribution in [0, 0.1) is 62.3 Å². The van der Waals surface area contributed by atoms with Gasteiger partial charge in [0.1, 0.15) is 11.5 Å². The fourth-order valence-electron chi connectivity index (χ4n) is 14.1. The van der Waals surface area contributed by atoms with E-state index in [1.165, 1.54) is 0 Å². The molecule has 0 bridgehead atoms. The molecule has 576 valence electrons. The first kappa shape index (κ1) is 78.6. The first-order chi connectivity index (χ1) is 55.4. The van der Waals surface area contributed by atoms with Crippen molar-refractivity contribution in [1.82, 2.24) is 59.1 Å². The third kappa shape index (κ3) is 18.5. The molecule has 17 rings (SSSR count). The van der Waals surface area contributed by atoms with E-state index in [0.717, 1.165) is 165 Å². The van der Waals surface area contributed by atoms with Crippen molar-refractivity contribution in [3.8, 4) is 34.8 Å². The summed E-state index contributed by atoms with van der Waals surface area (Å²) in [7, 11) is 0. The molecule has 10 aromatic heterocycles. The maximum absolute atomic E-state index is 13.0. The van der Waals surface area contributed by atoms with E-state index < -0.39 is 0 Å². The van der Waals surface area contributed by atoms with Crippen molar-refractivity contribution >= 4 is 99.5 Å². The van der Waals surface area contributed by atoms with Crippen LogP contribution in [0.3, 0.4) is 0 Å². The van der Waals surface area contributed by atoms with Gasteiger partial charge in [0.2, 0.25) is 0 Å². The molecule has 0 saturated heterocycles. The van der Waals surface area contributed by atoms with Crippen LogP contribution >= 0.6 is 22.7 Å². The number of aromatic nitrogens is 12. The molecule has 0 spiro atoms. The van der Waals surface area contributed by atoms with E-state index >= 15 is 0 Å². The van der Waals surface area contributed by atoms with Gasteiger partial charge >= 0.3 is 0 Å². The average Bonchev–Trinajstić information content (AvgIpc) is 1.51. The highest BCUT2D eigenvalue weighted by Gasteiger charge is 2.20. The minimum Gasteiger partial charge on any atom is -0.491 e. The highest BCUT2D eigenvalue weighted by Crippen LogP contribution is 2.31. The van der Waals surface area contributed by atoms with Crippen molar-refractivity contribution in [2.24, 2.45) is 0 Å². The maximum Gasteiger partial charge on any atom is 0.177 e. The fraction of sp³-hybridized carbons (Fsp3) is 0.200. The van der Waals surface area contributed by atoms with E-state index in [2.05, 4.69) is 26.5 Å². The number of thiophene rings is 2. The van der Waals surface area contributed by atoms with E-state index in [4.69, 9.17) is 29.4 Å². The number of para-hydroxylation sites is 4. The van der Waals surface area contributed by atoms with Crippen LogP contribution in [0.1, 0.15) is 140 Å². The molecule has 0 unspecified atom stereocenters. The van der Waals surface area contributed by atoms with E-state index in [9.17, 15) is 19.2 Å². The van der Waals surface area contributed by atoms with Gasteiger partial charge < -0.3 is 9.47 Å². The monoisotopic (exact) mass is 1560 g/mol. The van der Waals surface area contributed by atoms with Gasteiger partial charge in [-0.25, -0.2) is 38.7 Å². The topological polar surface area (TPSA) is 210 Å². The lowest BCUT2D eigenvalue weighted by molar-refractivity contribution is 0.0984. The highest BCUT2D eigenvalue weighted by molar-refractivity contribution is 7.20. The molecule has 10 heterocycles. The zero-order chi connectivity index (χ0) is 80.7. The maximum atomic E-state index is 13.0. The Bertz CT molecular complexity index is 6460. The number of benzene rings is 7. The lowest BCUT2D eigenvalue weighted by Crippen LogP contribution is -2.08. The lowest BCUT2D eigenvalue weighted by atomic mass is 10.0. The van der Waals surface area contributed by atoms with Crippen LogP contribution in [-0.4, -0.2) is 94.4 Å². The van der Waals surface area contributed by atoms with Crippen LogP contribution in [0.15, 0.2) is 237 Å². The molecular formula is C95H88N12O6S2. The second-order valence-electron chi connectivity index (χ2n) is 29.3. The van der Waals surface area contributed by atoms with E-state index in [1.54, 1.807) is 22.7 Å². The van der Waals surface area contributed by atoms with E-state index in [1.807, 2.05) is 339 Å². The molecule has 0 aliphatic carbocycles. The molecule has 7 aromatic carbocycles. The third-order valence-electron chi connectivity index (χ3n) is 19.3. The van der Waals surface area contributed by atoms with Crippen molar-refractivity contribution in [2.75, 3.05) is 0 Å². The second kappa shape index (κ2) is 34.5. The zero-order valence-corrected chi connectivity index (χ0v) is 68.3. The minimum absolute atomic E-state index is 0.0371. The molecule has 20 heteroatoms. The van der Waals surface area contributed by atoms with Crippen LogP contribution in [0.2, 0.25) is 0 Å². The second-order valence-corrected chi connectivity index (χ2v) is 31.7. The number of aryl methyl sites for hydroxylation is 9. The largest absolute Gasteiger partial charge is 0.491 e. The number of fused-ring (bicyclic) bond motifs is 5. The lowest BCUT2D eigenvalue weighted by Gasteiger charge is -2.11. The van der Waals surface area contributed by atoms with Gasteiger partial charge in [-0.1, -0.05) is 103 Å². The molecule has 18 nitrogen and oxygen atoms in total. The predicted octanol–water partition coefficient (Wildman–Crippen LogP) is 21.0. The van der Waals surface area contributed by atoms with Gasteiger partial charge in [-0.15, -0.1) is 22.7 Å². The van der Waals surface area contributed by atoms with E-state index in [-0.39, 0.29) is 48.2 Å². The van der Waals surface area contributed by atoms with Gasteiger partial charge in [0.15, 0.2) is 46.4 Å². The summed E-state index contributed by atoms with van der Waals surface area (Å²) in [5, 5.41) is 23.3. The van der Waals surface area contributed by atoms with Crippen molar-refractivity contribution in [3.05, 3.63) is 330 Å². The standard InChI is InChI=1S/2C25H25N3O2.C24H19N3OS.C21H19N3OS/c1-16(2)30-22-10-6-8-20(14-22)23(29)15-21-9-5-7-19-11-12-24(26-25(19)21)28-18(4)13-17(3)27-28;1-16(2)30-22-11-8-19(9-12-22)23(29)15-21-7-5-6-20-10-13-24(26-25(20)21)28-18(4)14-17(3)27-28;1-15-12-16(2)27(26-15)23-11-10-17-7-5-8-19(24(17)25-23)13-20(28)22-14-18-6-3-4-9-21(18)29-22;1-13-11-14(2)24(23-13)20-10-8-16-5-4-6-17(21(16)22-20)12-18(25)19-9-7-15(3)26-19/h2*5-14,16H,15H2,1-4H3;3-12,14H,13H2,1-2H3;4-11H,12H2,1-3H3. The number of nitrogens with zero attached hydrogens (tertiary/aromatic N) is 12. The number of carbonyl (C=O) groups excluding carboxylic acids is 4. The summed E-state index contributed by atoms with van der Waals surface area (Å²) in [6.45, 7) is 25.8. The molecule has 0 amide bonds. The zero-order valence-electron chi connectivity index (χ0n) is 66.6. The Balaban J connectivity index is 0.000000127. The van der Waals surface area contributed by atoms with Crippen molar-refractivity contribution in [3.63, 3.8) is 0 Å². The molecule has 17 aromatic rings. The number of hydrogen-bond donors (Lipinski definition) is 0. The van der Waals surface area contributed by atoms with Gasteiger partial charge in [-0.2, -0.15) is 20.4 Å². The average molecular weight is 1560 g/mol. The highest BCUT2D eigenvalue weighted by atomic mass is 32.1. The number of Topliss-reactive ketones (excluding diaryl/α,β-unsaturated/α-hetero) is 4. The van der Waals surface area contributed by atoms with Gasteiger partial charge in [0, 0.05) is 90.7 Å². The Hall–Kier alpha value is -13.0. The summed E-state index contributed by atoms with van der Waals surface area (Å²) in [5.41, 5.74) is 16.3. The summed E-state index contributed by atoms with van der Waals surface area (Å²) in [5.74, 6) is 4.86. The first-order valence-electron chi connectivity index (χ1n) is 38.3. The number of pyridine rings is 4. The molecule has 0 aliphatic heterocycles. The molecule has 0 atom stereocenters. The first-order valence-corrected chi connectivity index (χ1v) is 39.9. The Kier molecular flexibility index (Phi) is 23.6.